The van der Waals surface area contributed by atoms with Gasteiger partial charge in [0.2, 0.25) is 0 Å². The number of carbonyl (C=O) groups is 1. The number of hydrogen-bond donors (Lipinski definition) is 2. The summed E-state index contributed by atoms with van der Waals surface area (Å²) < 4.78 is 33.2. The monoisotopic (exact) mass is 455 g/mol. The topological polar surface area (TPSA) is 122 Å². The Kier molecular flexibility index (Phi) is 7.22. The Morgan fingerprint density at radius 1 is 0.781 bits per heavy atom. The van der Waals surface area contributed by atoms with Crippen molar-refractivity contribution in [3.05, 3.63) is 96.1 Å². The predicted molar refractivity (Wildman–Crippen MR) is 126 cm³/mol. The van der Waals surface area contributed by atoms with Crippen molar-refractivity contribution in [2.24, 2.45) is 10.2 Å². The Labute approximate surface area is 207 Å². The molecule has 0 aliphatic rings. The fourth-order valence-electron chi connectivity index (χ4n) is 3.19. The van der Waals surface area contributed by atoms with Crippen molar-refractivity contribution >= 4 is 73.3 Å². The molecule has 0 atom stereocenters. The molecule has 32 heavy (non-hydrogen) atoms. The van der Waals surface area contributed by atoms with Gasteiger partial charge in [-0.1, -0.05) is 54.6 Å². The van der Waals surface area contributed by atoms with E-state index in [2.05, 4.69) is 10.2 Å². The zero-order valence-electron chi connectivity index (χ0n) is 16.1. The molecule has 4 rings (SSSR count). The first kappa shape index (κ1) is 23.8. The zero-order chi connectivity index (χ0) is 22.0. The van der Waals surface area contributed by atoms with Crippen LogP contribution in [0.5, 0.6) is 0 Å². The van der Waals surface area contributed by atoms with Crippen LogP contribution in [0.1, 0.15) is 15.9 Å². The molecule has 4 aromatic carbocycles. The number of nitrogens with two attached hydrogens (primary N) is 1. The second-order valence-electron chi connectivity index (χ2n) is 6.77. The van der Waals surface area contributed by atoms with Crippen LogP contribution < -0.4 is 5.73 Å². The number of fused-ring (bicyclic) bond motifs is 1. The van der Waals surface area contributed by atoms with Gasteiger partial charge < -0.3 is 5.73 Å². The minimum atomic E-state index is -4.49. The second-order valence-corrected chi connectivity index (χ2v) is 8.16. The van der Waals surface area contributed by atoms with Gasteiger partial charge >= 0.3 is 29.6 Å². The molecular weight excluding hydrogens is 437 g/mol. The fourth-order valence-corrected chi connectivity index (χ4v) is 3.91. The quantitative estimate of drug-likeness (QED) is 0.149. The zero-order valence-corrected chi connectivity index (χ0v) is 17.0. The summed E-state index contributed by atoms with van der Waals surface area (Å²) in [6.07, 6.45) is 0. The molecule has 4 aromatic rings. The number of benzene rings is 4. The van der Waals surface area contributed by atoms with Crippen LogP contribution in [-0.4, -0.2) is 48.3 Å². The molecule has 0 spiro atoms. The van der Waals surface area contributed by atoms with Crippen LogP contribution in [0.15, 0.2) is 100 Å². The van der Waals surface area contributed by atoms with Crippen molar-refractivity contribution in [2.45, 2.75) is 4.90 Å². The Bertz CT molecular complexity index is 1420. The van der Waals surface area contributed by atoms with Crippen molar-refractivity contribution in [1.82, 2.24) is 0 Å². The minimum absolute atomic E-state index is 0. The van der Waals surface area contributed by atoms with E-state index in [-0.39, 0.29) is 51.6 Å². The Balaban J connectivity index is 0.00000289. The third-order valence-electron chi connectivity index (χ3n) is 4.74. The molecule has 0 radical (unpaired) electrons. The van der Waals surface area contributed by atoms with Gasteiger partial charge in [-0.05, 0) is 30.3 Å². The van der Waals surface area contributed by atoms with Crippen molar-refractivity contribution in [3.63, 3.8) is 0 Å². The van der Waals surface area contributed by atoms with Gasteiger partial charge in [0.1, 0.15) is 10.6 Å². The molecule has 0 amide bonds. The first-order chi connectivity index (χ1) is 14.8. The molecule has 9 heteroatoms. The van der Waals surface area contributed by atoms with Crippen molar-refractivity contribution in [3.8, 4) is 0 Å². The summed E-state index contributed by atoms with van der Waals surface area (Å²) in [6, 6.07) is 23.2. The third-order valence-corrected chi connectivity index (χ3v) is 5.64. The average Bonchev–Trinajstić information content (AvgIpc) is 2.78. The Morgan fingerprint density at radius 3 is 1.97 bits per heavy atom. The third kappa shape index (κ3) is 4.95. The summed E-state index contributed by atoms with van der Waals surface area (Å²) in [4.78, 5) is 12.2. The van der Waals surface area contributed by atoms with Crippen molar-refractivity contribution in [1.29, 1.82) is 0 Å². The molecule has 7 nitrogen and oxygen atoms in total. The maximum absolute atomic E-state index is 12.5. The number of rotatable bonds is 5. The van der Waals surface area contributed by atoms with Crippen LogP contribution in [0.3, 0.4) is 0 Å². The molecule has 0 unspecified atom stereocenters. The molecule has 0 aliphatic carbocycles. The Hall–Kier alpha value is -2.88. The number of azo groups is 1. The maximum atomic E-state index is 12.5. The van der Waals surface area contributed by atoms with Gasteiger partial charge in [0.05, 0.1) is 11.4 Å². The first-order valence-corrected chi connectivity index (χ1v) is 10.7. The standard InChI is InChI=1S/C23H17N3O4S.Na.H/c24-22-19-9-5-4-8-18(19)21(31(28,29)30)14-20(22)26-25-17-12-10-16(11-13-17)23(27)15-6-2-1-3-7-15;;/h1-14H,24H2,(H,28,29,30);;/b26-25+;;. The van der Waals surface area contributed by atoms with E-state index in [0.29, 0.717) is 27.6 Å². The normalized spacial score (nSPS) is 11.4. The number of hydrogen-bond acceptors (Lipinski definition) is 6. The molecule has 0 saturated carbocycles. The van der Waals surface area contributed by atoms with Crippen LogP contribution in [0.25, 0.3) is 10.8 Å². The van der Waals surface area contributed by atoms with Crippen molar-refractivity contribution < 1.29 is 17.8 Å². The van der Waals surface area contributed by atoms with Gasteiger partial charge in [0.15, 0.2) is 5.78 Å². The summed E-state index contributed by atoms with van der Waals surface area (Å²) in [5.74, 6) is -0.111. The van der Waals surface area contributed by atoms with E-state index in [1.54, 1.807) is 72.8 Å². The predicted octanol–water partition coefficient (Wildman–Crippen LogP) is 4.67. The second kappa shape index (κ2) is 9.72. The molecule has 156 valence electrons. The molecule has 0 bridgehead atoms. The molecular formula is C23H18N3NaO4S. The summed E-state index contributed by atoms with van der Waals surface area (Å²) >= 11 is 0. The fraction of sp³-hybridized carbons (Fsp3) is 0. The van der Waals surface area contributed by atoms with E-state index in [4.69, 9.17) is 5.73 Å². The van der Waals surface area contributed by atoms with E-state index in [1.165, 1.54) is 6.07 Å². The van der Waals surface area contributed by atoms with Gasteiger partial charge in [-0.15, -0.1) is 5.11 Å². The van der Waals surface area contributed by atoms with Crippen LogP contribution in [0, 0.1) is 0 Å². The SMILES string of the molecule is Nc1c(/N=N/c2ccc(C(=O)c3ccccc3)cc2)cc(S(=O)(=O)O)c2ccccc12.[NaH]. The van der Waals surface area contributed by atoms with E-state index in [1.807, 2.05) is 6.07 Å². The number of anilines is 1. The molecule has 0 heterocycles. The van der Waals surface area contributed by atoms with E-state index in [9.17, 15) is 17.8 Å². The van der Waals surface area contributed by atoms with Crippen LogP contribution in [0.4, 0.5) is 17.1 Å². The van der Waals surface area contributed by atoms with Gasteiger partial charge in [-0.3, -0.25) is 9.35 Å². The van der Waals surface area contributed by atoms with Gasteiger partial charge in [-0.25, -0.2) is 0 Å². The van der Waals surface area contributed by atoms with E-state index < -0.39 is 10.1 Å². The van der Waals surface area contributed by atoms with E-state index >= 15 is 0 Å². The van der Waals surface area contributed by atoms with Gasteiger partial charge in [0, 0.05) is 21.9 Å². The van der Waals surface area contributed by atoms with E-state index in [0.717, 1.165) is 0 Å². The number of nitrogens with zero attached hydrogens (tertiary/aromatic N) is 2. The number of carbonyl (C=O) groups excluding carboxylic acids is 1. The summed E-state index contributed by atoms with van der Waals surface area (Å²) in [5, 5.41) is 8.91. The van der Waals surface area contributed by atoms with Crippen LogP contribution in [-0.2, 0) is 10.1 Å². The summed E-state index contributed by atoms with van der Waals surface area (Å²) in [6.45, 7) is 0. The van der Waals surface area contributed by atoms with Gasteiger partial charge in [0.25, 0.3) is 10.1 Å². The first-order valence-electron chi connectivity index (χ1n) is 9.25. The molecule has 0 saturated heterocycles. The average molecular weight is 455 g/mol. The van der Waals surface area contributed by atoms with Crippen LogP contribution in [0.2, 0.25) is 0 Å². The number of ketones is 1. The molecule has 3 N–H and O–H groups in total. The molecule has 0 aliphatic heterocycles. The van der Waals surface area contributed by atoms with Crippen molar-refractivity contribution in [2.75, 3.05) is 5.73 Å². The summed E-state index contributed by atoms with van der Waals surface area (Å²) in [7, 11) is -4.49. The number of nitrogen functional groups attached to an aromatic ring is 1. The summed E-state index contributed by atoms with van der Waals surface area (Å²) in [5.41, 5.74) is 8.03. The van der Waals surface area contributed by atoms with Crippen LogP contribution >= 0.6 is 0 Å². The molecule has 0 fully saturated rings. The molecule has 0 aromatic heterocycles. The Morgan fingerprint density at radius 2 is 1.34 bits per heavy atom. The van der Waals surface area contributed by atoms with Gasteiger partial charge in [-0.2, -0.15) is 13.5 Å².